The average Bonchev–Trinajstić information content (AvgIpc) is 3.02. The SMILES string of the molecule is CN(C)C(=O)c1cccc(CNC(=O)CC2CCc3ccccc32)c1. The van der Waals surface area contributed by atoms with Gasteiger partial charge in [-0.25, -0.2) is 0 Å². The van der Waals surface area contributed by atoms with E-state index in [-0.39, 0.29) is 11.8 Å². The number of carbonyl (C=O) groups is 2. The van der Waals surface area contributed by atoms with Crippen LogP contribution in [0.3, 0.4) is 0 Å². The van der Waals surface area contributed by atoms with E-state index in [1.807, 2.05) is 24.3 Å². The van der Waals surface area contributed by atoms with Crippen LogP contribution in [-0.2, 0) is 17.8 Å². The largest absolute Gasteiger partial charge is 0.352 e. The number of hydrogen-bond donors (Lipinski definition) is 1. The fourth-order valence-electron chi connectivity index (χ4n) is 3.43. The fourth-order valence-corrected chi connectivity index (χ4v) is 3.43. The van der Waals surface area contributed by atoms with Crippen LogP contribution in [0, 0.1) is 0 Å². The zero-order chi connectivity index (χ0) is 17.8. The molecule has 25 heavy (non-hydrogen) atoms. The van der Waals surface area contributed by atoms with Crippen molar-refractivity contribution in [2.75, 3.05) is 14.1 Å². The maximum atomic E-state index is 12.3. The molecule has 130 valence electrons. The minimum absolute atomic E-state index is 0.0317. The Bertz CT molecular complexity index is 783. The standard InChI is InChI=1S/C21H24N2O2/c1-23(2)21(25)18-8-5-6-15(12-18)14-22-20(24)13-17-11-10-16-7-3-4-9-19(16)17/h3-9,12,17H,10-11,13-14H2,1-2H3,(H,22,24). The van der Waals surface area contributed by atoms with Gasteiger partial charge in [0.1, 0.15) is 0 Å². The van der Waals surface area contributed by atoms with Crippen molar-refractivity contribution in [3.63, 3.8) is 0 Å². The number of nitrogens with zero attached hydrogens (tertiary/aromatic N) is 1. The lowest BCUT2D eigenvalue weighted by atomic mass is 9.97. The van der Waals surface area contributed by atoms with Gasteiger partial charge in [-0.1, -0.05) is 36.4 Å². The molecule has 0 saturated carbocycles. The summed E-state index contributed by atoms with van der Waals surface area (Å²) < 4.78 is 0. The number of carbonyl (C=O) groups excluding carboxylic acids is 2. The lowest BCUT2D eigenvalue weighted by Crippen LogP contribution is -2.25. The quantitative estimate of drug-likeness (QED) is 0.912. The van der Waals surface area contributed by atoms with Gasteiger partial charge in [0.2, 0.25) is 5.91 Å². The maximum absolute atomic E-state index is 12.3. The molecular formula is C21H24N2O2. The van der Waals surface area contributed by atoms with E-state index in [0.717, 1.165) is 18.4 Å². The van der Waals surface area contributed by atoms with Crippen LogP contribution in [-0.4, -0.2) is 30.8 Å². The van der Waals surface area contributed by atoms with Crippen LogP contribution < -0.4 is 5.32 Å². The van der Waals surface area contributed by atoms with Crippen molar-refractivity contribution in [3.8, 4) is 0 Å². The average molecular weight is 336 g/mol. The third-order valence-electron chi connectivity index (χ3n) is 4.76. The van der Waals surface area contributed by atoms with Crippen molar-refractivity contribution in [1.29, 1.82) is 0 Å². The van der Waals surface area contributed by atoms with Crippen molar-refractivity contribution < 1.29 is 9.59 Å². The molecule has 0 fully saturated rings. The van der Waals surface area contributed by atoms with E-state index in [4.69, 9.17) is 0 Å². The van der Waals surface area contributed by atoms with Crippen LogP contribution in [0.15, 0.2) is 48.5 Å². The minimum atomic E-state index is -0.0317. The maximum Gasteiger partial charge on any atom is 0.253 e. The smallest absolute Gasteiger partial charge is 0.253 e. The van der Waals surface area contributed by atoms with E-state index < -0.39 is 0 Å². The van der Waals surface area contributed by atoms with Crippen LogP contribution in [0.1, 0.15) is 45.8 Å². The van der Waals surface area contributed by atoms with Gasteiger partial charge in [0.05, 0.1) is 0 Å². The summed E-state index contributed by atoms with van der Waals surface area (Å²) in [5.74, 6) is 0.347. The Morgan fingerprint density at radius 3 is 2.72 bits per heavy atom. The molecule has 1 atom stereocenters. The molecule has 0 spiro atoms. The van der Waals surface area contributed by atoms with Crippen molar-refractivity contribution in [3.05, 3.63) is 70.8 Å². The Morgan fingerprint density at radius 1 is 1.12 bits per heavy atom. The lowest BCUT2D eigenvalue weighted by molar-refractivity contribution is -0.121. The third kappa shape index (κ3) is 4.08. The molecule has 1 unspecified atom stereocenters. The molecule has 1 aliphatic carbocycles. The topological polar surface area (TPSA) is 49.4 Å². The van der Waals surface area contributed by atoms with Crippen LogP contribution in [0.2, 0.25) is 0 Å². The fraction of sp³-hybridized carbons (Fsp3) is 0.333. The predicted molar refractivity (Wildman–Crippen MR) is 98.4 cm³/mol. The summed E-state index contributed by atoms with van der Waals surface area (Å²) in [4.78, 5) is 25.9. The van der Waals surface area contributed by atoms with Gasteiger partial charge in [0.25, 0.3) is 5.91 Å². The first-order valence-corrected chi connectivity index (χ1v) is 8.69. The number of fused-ring (bicyclic) bond motifs is 1. The normalized spacial score (nSPS) is 15.5. The molecule has 0 heterocycles. The highest BCUT2D eigenvalue weighted by molar-refractivity contribution is 5.94. The van der Waals surface area contributed by atoms with Crippen molar-refractivity contribution in [2.45, 2.75) is 31.7 Å². The van der Waals surface area contributed by atoms with Gasteiger partial charge in [0.15, 0.2) is 0 Å². The Hall–Kier alpha value is -2.62. The highest BCUT2D eigenvalue weighted by Crippen LogP contribution is 2.35. The van der Waals surface area contributed by atoms with Crippen molar-refractivity contribution >= 4 is 11.8 Å². The number of benzene rings is 2. The summed E-state index contributed by atoms with van der Waals surface area (Å²) in [6.45, 7) is 0.446. The van der Waals surface area contributed by atoms with E-state index in [0.29, 0.717) is 24.4 Å². The molecule has 0 bridgehead atoms. The van der Waals surface area contributed by atoms with Gasteiger partial charge in [0, 0.05) is 32.6 Å². The summed E-state index contributed by atoms with van der Waals surface area (Å²) in [7, 11) is 3.46. The second-order valence-electron chi connectivity index (χ2n) is 6.82. The minimum Gasteiger partial charge on any atom is -0.352 e. The number of aryl methyl sites for hydroxylation is 1. The zero-order valence-electron chi connectivity index (χ0n) is 14.8. The molecule has 2 aromatic carbocycles. The molecule has 0 radical (unpaired) electrons. The first kappa shape index (κ1) is 17.2. The number of nitrogens with one attached hydrogen (secondary N) is 1. The number of rotatable bonds is 5. The van der Waals surface area contributed by atoms with Crippen LogP contribution in [0.5, 0.6) is 0 Å². The second-order valence-corrected chi connectivity index (χ2v) is 6.82. The van der Waals surface area contributed by atoms with Crippen molar-refractivity contribution in [2.24, 2.45) is 0 Å². The molecule has 2 amide bonds. The van der Waals surface area contributed by atoms with Crippen molar-refractivity contribution in [1.82, 2.24) is 10.2 Å². The monoisotopic (exact) mass is 336 g/mol. The zero-order valence-corrected chi connectivity index (χ0v) is 14.8. The summed E-state index contributed by atoms with van der Waals surface area (Å²) >= 11 is 0. The van der Waals surface area contributed by atoms with E-state index in [9.17, 15) is 9.59 Å². The highest BCUT2D eigenvalue weighted by atomic mass is 16.2. The number of hydrogen-bond acceptors (Lipinski definition) is 2. The highest BCUT2D eigenvalue weighted by Gasteiger charge is 2.24. The molecule has 1 aliphatic rings. The summed E-state index contributed by atoms with van der Waals surface area (Å²) in [6.07, 6.45) is 2.62. The van der Waals surface area contributed by atoms with E-state index in [1.54, 1.807) is 25.1 Å². The van der Waals surface area contributed by atoms with E-state index in [1.165, 1.54) is 11.1 Å². The van der Waals surface area contributed by atoms with Crippen LogP contribution >= 0.6 is 0 Å². The van der Waals surface area contributed by atoms with Gasteiger partial charge >= 0.3 is 0 Å². The molecule has 1 N–H and O–H groups in total. The summed E-state index contributed by atoms with van der Waals surface area (Å²) in [6, 6.07) is 15.8. The first-order valence-electron chi connectivity index (χ1n) is 8.69. The Labute approximate surface area is 148 Å². The van der Waals surface area contributed by atoms with E-state index >= 15 is 0 Å². The molecule has 3 rings (SSSR count). The predicted octanol–water partition coefficient (Wildman–Crippen LogP) is 3.12. The number of amides is 2. The third-order valence-corrected chi connectivity index (χ3v) is 4.76. The first-order chi connectivity index (χ1) is 12.0. The molecular weight excluding hydrogens is 312 g/mol. The van der Waals surface area contributed by atoms with E-state index in [2.05, 4.69) is 23.5 Å². The van der Waals surface area contributed by atoms with Gasteiger partial charge < -0.3 is 10.2 Å². The second kappa shape index (κ2) is 7.51. The van der Waals surface area contributed by atoms with Gasteiger partial charge in [-0.2, -0.15) is 0 Å². The summed E-state index contributed by atoms with van der Waals surface area (Å²) in [5.41, 5.74) is 4.26. The van der Waals surface area contributed by atoms with Gasteiger partial charge in [-0.15, -0.1) is 0 Å². The molecule has 0 saturated heterocycles. The molecule has 0 aromatic heterocycles. The molecule has 4 nitrogen and oxygen atoms in total. The van der Waals surface area contributed by atoms with Crippen LogP contribution in [0.25, 0.3) is 0 Å². The van der Waals surface area contributed by atoms with Gasteiger partial charge in [-0.05, 0) is 47.6 Å². The Balaban J connectivity index is 1.57. The molecule has 4 heteroatoms. The Morgan fingerprint density at radius 2 is 1.92 bits per heavy atom. The summed E-state index contributed by atoms with van der Waals surface area (Å²) in [5, 5.41) is 2.99. The molecule has 0 aliphatic heterocycles. The Kier molecular flexibility index (Phi) is 5.17. The van der Waals surface area contributed by atoms with Gasteiger partial charge in [-0.3, -0.25) is 9.59 Å². The lowest BCUT2D eigenvalue weighted by Gasteiger charge is -2.13. The molecule has 2 aromatic rings. The van der Waals surface area contributed by atoms with Crippen LogP contribution in [0.4, 0.5) is 0 Å².